The Labute approximate surface area is 120 Å². The van der Waals surface area contributed by atoms with E-state index in [2.05, 4.69) is 10.6 Å². The summed E-state index contributed by atoms with van der Waals surface area (Å²) in [5, 5.41) is 5.83. The maximum absolute atomic E-state index is 12.1. The van der Waals surface area contributed by atoms with Crippen LogP contribution in [0.3, 0.4) is 0 Å². The summed E-state index contributed by atoms with van der Waals surface area (Å²) in [5.74, 6) is 0.780. The molecule has 2 atom stereocenters. The molecule has 0 fully saturated rings. The fourth-order valence-corrected chi connectivity index (χ4v) is 2.26. The fraction of sp³-hybridized carbons (Fsp3) is 0.846. The van der Waals surface area contributed by atoms with E-state index in [1.807, 2.05) is 6.26 Å². The van der Waals surface area contributed by atoms with Crippen LogP contribution in [0.1, 0.15) is 32.6 Å². The number of unbranched alkanes of at least 4 members (excludes halogenated alkanes) is 1. The second-order valence-corrected chi connectivity index (χ2v) is 5.56. The molecule has 0 bridgehead atoms. The second kappa shape index (κ2) is 11.3. The van der Waals surface area contributed by atoms with Gasteiger partial charge in [-0.3, -0.25) is 9.59 Å². The molecule has 0 saturated carbocycles. The van der Waals surface area contributed by atoms with Crippen molar-refractivity contribution in [3.05, 3.63) is 0 Å². The van der Waals surface area contributed by atoms with Crippen molar-refractivity contribution in [3.63, 3.8) is 0 Å². The van der Waals surface area contributed by atoms with Gasteiger partial charge in [-0.15, -0.1) is 0 Å². The first-order valence-electron chi connectivity index (χ1n) is 6.73. The molecule has 5 nitrogen and oxygen atoms in total. The van der Waals surface area contributed by atoms with Gasteiger partial charge in [0.2, 0.25) is 5.91 Å². The monoisotopic (exact) mass is 289 g/mol. The minimum Gasteiger partial charge on any atom is -0.345 e. The Kier molecular flexibility index (Phi) is 10.9. The lowest BCUT2D eigenvalue weighted by molar-refractivity contribution is -0.128. The van der Waals surface area contributed by atoms with E-state index in [4.69, 9.17) is 5.73 Å². The average molecular weight is 289 g/mol. The largest absolute Gasteiger partial charge is 0.345 e. The first kappa shape index (κ1) is 18.4. The molecule has 0 aromatic heterocycles. The van der Waals surface area contributed by atoms with Crippen LogP contribution >= 0.6 is 11.8 Å². The molecule has 0 heterocycles. The van der Waals surface area contributed by atoms with Crippen LogP contribution in [0.25, 0.3) is 0 Å². The van der Waals surface area contributed by atoms with Crippen molar-refractivity contribution in [2.75, 3.05) is 25.6 Å². The maximum Gasteiger partial charge on any atom is 0.237 e. The molecule has 112 valence electrons. The quantitative estimate of drug-likeness (QED) is 0.483. The summed E-state index contributed by atoms with van der Waals surface area (Å²) in [5.41, 5.74) is 5.44. The molecule has 0 aromatic rings. The van der Waals surface area contributed by atoms with Crippen LogP contribution in [0.15, 0.2) is 0 Å². The number of ketones is 1. The van der Waals surface area contributed by atoms with E-state index in [0.717, 1.165) is 25.0 Å². The van der Waals surface area contributed by atoms with Gasteiger partial charge in [-0.25, -0.2) is 0 Å². The van der Waals surface area contributed by atoms with Crippen molar-refractivity contribution in [1.29, 1.82) is 0 Å². The highest BCUT2D eigenvalue weighted by Crippen LogP contribution is 2.04. The number of rotatable bonds is 11. The number of amides is 1. The van der Waals surface area contributed by atoms with Gasteiger partial charge in [0, 0.05) is 0 Å². The number of carbonyl (C=O) groups excluding carboxylic acids is 2. The van der Waals surface area contributed by atoms with Crippen molar-refractivity contribution in [2.45, 2.75) is 44.7 Å². The lowest BCUT2D eigenvalue weighted by atomic mass is 10.1. The molecule has 0 aliphatic heterocycles. The Morgan fingerprint density at radius 2 is 1.89 bits per heavy atom. The molecule has 6 heteroatoms. The first-order valence-corrected chi connectivity index (χ1v) is 8.13. The number of nitrogens with one attached hydrogen (secondary N) is 2. The molecule has 0 unspecified atom stereocenters. The molecule has 0 aromatic carbocycles. The minimum atomic E-state index is -0.370. The Bertz CT molecular complexity index is 275. The van der Waals surface area contributed by atoms with Crippen molar-refractivity contribution in [2.24, 2.45) is 5.73 Å². The lowest BCUT2D eigenvalue weighted by Gasteiger charge is -2.20. The molecule has 1 amide bonds. The van der Waals surface area contributed by atoms with Gasteiger partial charge in [0.25, 0.3) is 0 Å². The van der Waals surface area contributed by atoms with Crippen molar-refractivity contribution < 1.29 is 9.59 Å². The highest BCUT2D eigenvalue weighted by molar-refractivity contribution is 7.98. The van der Waals surface area contributed by atoms with Crippen molar-refractivity contribution in [1.82, 2.24) is 10.6 Å². The highest BCUT2D eigenvalue weighted by Gasteiger charge is 2.21. The Hall–Kier alpha value is -0.590. The van der Waals surface area contributed by atoms with Crippen LogP contribution < -0.4 is 16.4 Å². The number of thioether (sulfide) groups is 1. The number of likely N-dealkylation sites (N-methyl/N-ethyl adjacent to an activating group) is 1. The van der Waals surface area contributed by atoms with Gasteiger partial charge < -0.3 is 16.4 Å². The SMILES string of the molecule is CN[C@@H](CCCCN)C(=O)N[C@@H](CCSC)C(C)=O. The predicted octanol–water partition coefficient (Wildman–Crippen LogP) is 0.530. The first-order chi connectivity index (χ1) is 9.06. The molecule has 0 rings (SSSR count). The van der Waals surface area contributed by atoms with Gasteiger partial charge in [-0.05, 0) is 51.8 Å². The highest BCUT2D eigenvalue weighted by atomic mass is 32.2. The summed E-state index contributed by atoms with van der Waals surface area (Å²) in [6, 6.07) is -0.618. The van der Waals surface area contributed by atoms with Gasteiger partial charge in [0.15, 0.2) is 5.78 Å². The molecular formula is C13H27N3O2S. The van der Waals surface area contributed by atoms with Gasteiger partial charge in [0.05, 0.1) is 12.1 Å². The lowest BCUT2D eigenvalue weighted by Crippen LogP contribution is -2.49. The number of nitrogens with two attached hydrogens (primary N) is 1. The van der Waals surface area contributed by atoms with E-state index in [1.165, 1.54) is 6.92 Å². The topological polar surface area (TPSA) is 84.2 Å². The summed E-state index contributed by atoms with van der Waals surface area (Å²) >= 11 is 1.67. The van der Waals surface area contributed by atoms with Crippen LogP contribution in [-0.2, 0) is 9.59 Å². The predicted molar refractivity (Wildman–Crippen MR) is 81.4 cm³/mol. The summed E-state index contributed by atoms with van der Waals surface area (Å²) in [6.07, 6.45) is 5.23. The smallest absolute Gasteiger partial charge is 0.237 e. The van der Waals surface area contributed by atoms with E-state index in [-0.39, 0.29) is 23.8 Å². The summed E-state index contributed by atoms with van der Waals surface area (Å²) < 4.78 is 0. The van der Waals surface area contributed by atoms with E-state index in [9.17, 15) is 9.59 Å². The molecule has 4 N–H and O–H groups in total. The van der Waals surface area contributed by atoms with Crippen molar-refractivity contribution >= 4 is 23.5 Å². The van der Waals surface area contributed by atoms with Crippen LogP contribution in [-0.4, -0.2) is 49.4 Å². The molecule has 0 spiro atoms. The second-order valence-electron chi connectivity index (χ2n) is 4.58. The third-order valence-electron chi connectivity index (χ3n) is 3.03. The Balaban J connectivity index is 4.29. The minimum absolute atomic E-state index is 0.0132. The maximum atomic E-state index is 12.1. The van der Waals surface area contributed by atoms with E-state index in [1.54, 1.807) is 18.8 Å². The summed E-state index contributed by atoms with van der Waals surface area (Å²) in [6.45, 7) is 2.16. The molecule has 19 heavy (non-hydrogen) atoms. The fourth-order valence-electron chi connectivity index (χ4n) is 1.78. The number of carbonyl (C=O) groups is 2. The van der Waals surface area contributed by atoms with E-state index < -0.39 is 0 Å². The van der Waals surface area contributed by atoms with Crippen molar-refractivity contribution in [3.8, 4) is 0 Å². The normalized spacial score (nSPS) is 13.9. The number of hydrogen-bond donors (Lipinski definition) is 3. The van der Waals surface area contributed by atoms with Crippen LogP contribution in [0, 0.1) is 0 Å². The third-order valence-corrected chi connectivity index (χ3v) is 3.67. The molecule has 0 radical (unpaired) electrons. The number of Topliss-reactive ketones (excluding diaryl/α,β-unsaturated/α-hetero) is 1. The zero-order valence-corrected chi connectivity index (χ0v) is 13.0. The Morgan fingerprint density at radius 3 is 2.37 bits per heavy atom. The summed E-state index contributed by atoms with van der Waals surface area (Å²) in [7, 11) is 1.76. The van der Waals surface area contributed by atoms with Gasteiger partial charge in [0.1, 0.15) is 0 Å². The molecule has 0 aliphatic carbocycles. The standard InChI is InChI=1S/C13H27N3O2S/c1-10(17)11(7-9-19-3)16-13(18)12(15-2)6-4-5-8-14/h11-12,15H,4-9,14H2,1-3H3,(H,16,18)/t11-,12-/m0/s1. The number of hydrogen-bond acceptors (Lipinski definition) is 5. The zero-order chi connectivity index (χ0) is 14.7. The van der Waals surface area contributed by atoms with Gasteiger partial charge in [-0.1, -0.05) is 6.42 Å². The van der Waals surface area contributed by atoms with Gasteiger partial charge in [-0.2, -0.15) is 11.8 Å². The van der Waals surface area contributed by atoms with E-state index >= 15 is 0 Å². The summed E-state index contributed by atoms with van der Waals surface area (Å²) in [4.78, 5) is 23.6. The third kappa shape index (κ3) is 8.23. The van der Waals surface area contributed by atoms with Gasteiger partial charge >= 0.3 is 0 Å². The molecule has 0 aliphatic rings. The Morgan fingerprint density at radius 1 is 1.21 bits per heavy atom. The van der Waals surface area contributed by atoms with E-state index in [0.29, 0.717) is 13.0 Å². The molecule has 0 saturated heterocycles. The average Bonchev–Trinajstić information content (AvgIpc) is 2.39. The van der Waals surface area contributed by atoms with Crippen LogP contribution in [0.5, 0.6) is 0 Å². The zero-order valence-electron chi connectivity index (χ0n) is 12.2. The van der Waals surface area contributed by atoms with Crippen LogP contribution in [0.4, 0.5) is 0 Å². The molecular weight excluding hydrogens is 262 g/mol. The van der Waals surface area contributed by atoms with Crippen LogP contribution in [0.2, 0.25) is 0 Å².